The topological polar surface area (TPSA) is 55.8 Å². The molecule has 0 aromatic heterocycles. The number of rotatable bonds is 10. The van der Waals surface area contributed by atoms with E-state index in [-0.39, 0.29) is 23.9 Å². The van der Waals surface area contributed by atoms with Crippen molar-refractivity contribution >= 4 is 5.78 Å². The first kappa shape index (κ1) is 19.8. The fourth-order valence-corrected chi connectivity index (χ4v) is 2.52. The molecule has 1 N–H and O–H groups in total. The molecule has 4 heteroatoms. The van der Waals surface area contributed by atoms with Gasteiger partial charge in [0.2, 0.25) is 0 Å². The molecule has 0 aliphatic carbocycles. The number of unbranched alkanes of at least 4 members (excludes halogenated alkanes) is 1. The number of ketones is 1. The number of carbonyl (C=O) groups excluding carboxylic acids is 1. The minimum absolute atomic E-state index is 0.0382. The van der Waals surface area contributed by atoms with Gasteiger partial charge in [-0.15, -0.1) is 0 Å². The highest BCUT2D eigenvalue weighted by molar-refractivity contribution is 5.83. The molecular formula is C22H28O4. The number of carbonyl (C=O) groups is 1. The number of benzene rings is 2. The Morgan fingerprint density at radius 2 is 1.65 bits per heavy atom. The van der Waals surface area contributed by atoms with Gasteiger partial charge in [-0.05, 0) is 38.0 Å². The minimum atomic E-state index is -0.0382. The molecule has 2 aromatic carbocycles. The monoisotopic (exact) mass is 356 g/mol. The van der Waals surface area contributed by atoms with E-state index >= 15 is 0 Å². The predicted octanol–water partition coefficient (Wildman–Crippen LogP) is 4.71. The average Bonchev–Trinajstić information content (AvgIpc) is 2.64. The maximum atomic E-state index is 11.9. The molecule has 2 rings (SSSR count). The summed E-state index contributed by atoms with van der Waals surface area (Å²) in [5.74, 6) is 1.77. The van der Waals surface area contributed by atoms with Crippen molar-refractivity contribution in [2.24, 2.45) is 5.92 Å². The average molecular weight is 356 g/mol. The molecule has 0 aliphatic rings. The third-order valence-corrected chi connectivity index (χ3v) is 4.28. The number of Topliss-reactive ketones (excluding diaryl/α,β-unsaturated/α-hetero) is 1. The van der Waals surface area contributed by atoms with Crippen LogP contribution in [0, 0.1) is 12.8 Å². The van der Waals surface area contributed by atoms with Gasteiger partial charge in [0.25, 0.3) is 0 Å². The third-order valence-electron chi connectivity index (χ3n) is 4.28. The molecular weight excluding hydrogens is 328 g/mol. The van der Waals surface area contributed by atoms with Crippen LogP contribution >= 0.6 is 0 Å². The summed E-state index contributed by atoms with van der Waals surface area (Å²) in [6.07, 6.45) is 2.00. The van der Waals surface area contributed by atoms with Crippen molar-refractivity contribution in [1.82, 2.24) is 0 Å². The highest BCUT2D eigenvalue weighted by Gasteiger charge is 2.15. The first-order valence-corrected chi connectivity index (χ1v) is 9.14. The lowest BCUT2D eigenvalue weighted by Gasteiger charge is -2.14. The predicted molar refractivity (Wildman–Crippen MR) is 103 cm³/mol. The summed E-state index contributed by atoms with van der Waals surface area (Å²) in [4.78, 5) is 11.9. The number of aromatic hydroxyl groups is 1. The molecule has 0 saturated heterocycles. The Hall–Kier alpha value is -2.49. The van der Waals surface area contributed by atoms with E-state index in [1.807, 2.05) is 57.2 Å². The maximum absolute atomic E-state index is 11.9. The quantitative estimate of drug-likeness (QED) is 0.627. The molecule has 140 valence electrons. The first-order chi connectivity index (χ1) is 12.5. The van der Waals surface area contributed by atoms with Gasteiger partial charge in [0, 0.05) is 23.5 Å². The van der Waals surface area contributed by atoms with Gasteiger partial charge in [0.15, 0.2) is 0 Å². The van der Waals surface area contributed by atoms with E-state index in [4.69, 9.17) is 9.47 Å². The molecule has 0 fully saturated rings. The maximum Gasteiger partial charge on any atom is 0.139 e. The van der Waals surface area contributed by atoms with Crippen LogP contribution in [0.1, 0.15) is 37.8 Å². The van der Waals surface area contributed by atoms with E-state index in [9.17, 15) is 9.90 Å². The SMILES string of the molecule is Cc1c(OCCCCOc2ccccc2)ccc(CC(=O)C(C)C)c1O. The molecule has 0 amide bonds. The van der Waals surface area contributed by atoms with Crippen molar-refractivity contribution in [1.29, 1.82) is 0 Å². The van der Waals surface area contributed by atoms with Crippen LogP contribution in [0.3, 0.4) is 0 Å². The number of para-hydroxylation sites is 1. The van der Waals surface area contributed by atoms with E-state index in [1.54, 1.807) is 6.07 Å². The van der Waals surface area contributed by atoms with Crippen LogP contribution in [0.15, 0.2) is 42.5 Å². The molecule has 0 saturated carbocycles. The van der Waals surface area contributed by atoms with E-state index in [2.05, 4.69) is 0 Å². The Kier molecular flexibility index (Phi) is 7.52. The van der Waals surface area contributed by atoms with E-state index in [0.29, 0.717) is 30.1 Å². The van der Waals surface area contributed by atoms with E-state index in [0.717, 1.165) is 18.6 Å². The molecule has 0 unspecified atom stereocenters. The molecule has 0 bridgehead atoms. The third kappa shape index (κ3) is 5.80. The number of hydrogen-bond acceptors (Lipinski definition) is 4. The van der Waals surface area contributed by atoms with Crippen molar-refractivity contribution in [3.8, 4) is 17.2 Å². The van der Waals surface area contributed by atoms with Gasteiger partial charge >= 0.3 is 0 Å². The normalized spacial score (nSPS) is 10.8. The first-order valence-electron chi connectivity index (χ1n) is 9.14. The smallest absolute Gasteiger partial charge is 0.139 e. The Morgan fingerprint density at radius 1 is 1.00 bits per heavy atom. The standard InChI is InChI=1S/C22H28O4/c1-16(2)20(23)15-18-11-12-21(17(3)22(18)24)26-14-8-7-13-25-19-9-5-4-6-10-19/h4-6,9-12,16,24H,7-8,13-15H2,1-3H3. The number of hydrogen-bond donors (Lipinski definition) is 1. The Bertz CT molecular complexity index is 708. The van der Waals surface area contributed by atoms with Crippen LogP contribution in [0.25, 0.3) is 0 Å². The van der Waals surface area contributed by atoms with Crippen LogP contribution < -0.4 is 9.47 Å². The zero-order chi connectivity index (χ0) is 18.9. The number of phenolic OH excluding ortho intramolecular Hbond substituents is 1. The van der Waals surface area contributed by atoms with Crippen LogP contribution in [-0.2, 0) is 11.2 Å². The summed E-state index contributed by atoms with van der Waals surface area (Å²) in [6.45, 7) is 6.75. The highest BCUT2D eigenvalue weighted by Crippen LogP contribution is 2.31. The minimum Gasteiger partial charge on any atom is -0.507 e. The summed E-state index contributed by atoms with van der Waals surface area (Å²) in [7, 11) is 0. The second-order valence-corrected chi connectivity index (χ2v) is 6.71. The van der Waals surface area contributed by atoms with Crippen molar-refractivity contribution < 1.29 is 19.4 Å². The Labute approximate surface area is 155 Å². The number of phenols is 1. The van der Waals surface area contributed by atoms with Crippen LogP contribution in [-0.4, -0.2) is 24.1 Å². The fraction of sp³-hybridized carbons (Fsp3) is 0.409. The fourth-order valence-electron chi connectivity index (χ4n) is 2.52. The van der Waals surface area contributed by atoms with Gasteiger partial charge in [-0.25, -0.2) is 0 Å². The molecule has 0 radical (unpaired) electrons. The Morgan fingerprint density at radius 3 is 2.31 bits per heavy atom. The summed E-state index contributed by atoms with van der Waals surface area (Å²) in [5, 5.41) is 10.3. The van der Waals surface area contributed by atoms with Gasteiger partial charge in [-0.1, -0.05) is 38.1 Å². The number of ether oxygens (including phenoxy) is 2. The summed E-state index contributed by atoms with van der Waals surface area (Å²) < 4.78 is 11.4. The van der Waals surface area contributed by atoms with Crippen molar-refractivity contribution in [2.45, 2.75) is 40.0 Å². The molecule has 0 heterocycles. The Balaban J connectivity index is 1.77. The van der Waals surface area contributed by atoms with Crippen molar-refractivity contribution in [2.75, 3.05) is 13.2 Å². The molecule has 2 aromatic rings. The zero-order valence-electron chi connectivity index (χ0n) is 15.8. The van der Waals surface area contributed by atoms with Crippen molar-refractivity contribution in [3.05, 3.63) is 53.6 Å². The van der Waals surface area contributed by atoms with E-state index < -0.39 is 0 Å². The summed E-state index contributed by atoms with van der Waals surface area (Å²) in [5.41, 5.74) is 1.34. The second-order valence-electron chi connectivity index (χ2n) is 6.71. The van der Waals surface area contributed by atoms with Gasteiger partial charge < -0.3 is 14.6 Å². The van der Waals surface area contributed by atoms with Gasteiger partial charge in [-0.3, -0.25) is 4.79 Å². The largest absolute Gasteiger partial charge is 0.507 e. The molecule has 4 nitrogen and oxygen atoms in total. The van der Waals surface area contributed by atoms with Crippen molar-refractivity contribution in [3.63, 3.8) is 0 Å². The van der Waals surface area contributed by atoms with E-state index in [1.165, 1.54) is 0 Å². The zero-order valence-corrected chi connectivity index (χ0v) is 15.8. The highest BCUT2D eigenvalue weighted by atomic mass is 16.5. The molecule has 0 aliphatic heterocycles. The van der Waals surface area contributed by atoms with Crippen LogP contribution in [0.4, 0.5) is 0 Å². The van der Waals surface area contributed by atoms with Gasteiger partial charge in [0.1, 0.15) is 23.0 Å². The summed E-state index contributed by atoms with van der Waals surface area (Å²) >= 11 is 0. The molecule has 0 atom stereocenters. The lowest BCUT2D eigenvalue weighted by atomic mass is 9.98. The van der Waals surface area contributed by atoms with Crippen LogP contribution in [0.2, 0.25) is 0 Å². The molecule has 26 heavy (non-hydrogen) atoms. The molecule has 0 spiro atoms. The van der Waals surface area contributed by atoms with Crippen LogP contribution in [0.5, 0.6) is 17.2 Å². The lowest BCUT2D eigenvalue weighted by Crippen LogP contribution is -2.10. The van der Waals surface area contributed by atoms with Gasteiger partial charge in [-0.2, -0.15) is 0 Å². The second kappa shape index (κ2) is 9.85. The summed E-state index contributed by atoms with van der Waals surface area (Å²) in [6, 6.07) is 13.3. The van der Waals surface area contributed by atoms with Gasteiger partial charge in [0.05, 0.1) is 13.2 Å². The lowest BCUT2D eigenvalue weighted by molar-refractivity contribution is -0.121.